The molecule has 0 spiro atoms. The second-order valence-electron chi connectivity index (χ2n) is 19.4. The fraction of sp³-hybridized carbons (Fsp3) is 0.981. The molecular formula is C52H100O14. The van der Waals surface area contributed by atoms with E-state index in [0.717, 1.165) is 38.5 Å². The fourth-order valence-electron chi connectivity index (χ4n) is 8.93. The van der Waals surface area contributed by atoms with E-state index in [-0.39, 0.29) is 25.6 Å². The Balaban J connectivity index is 1.73. The first-order chi connectivity index (χ1) is 32.1. The molecule has 0 aromatic rings. The van der Waals surface area contributed by atoms with Crippen LogP contribution in [0.15, 0.2) is 0 Å². The van der Waals surface area contributed by atoms with Crippen molar-refractivity contribution in [2.75, 3.05) is 33.0 Å². The van der Waals surface area contributed by atoms with Crippen molar-refractivity contribution in [2.45, 2.75) is 293 Å². The van der Waals surface area contributed by atoms with E-state index in [9.17, 15) is 40.5 Å². The van der Waals surface area contributed by atoms with Gasteiger partial charge in [0.25, 0.3) is 0 Å². The molecule has 2 heterocycles. The Labute approximate surface area is 400 Å². The molecule has 11 atom stereocenters. The zero-order valence-electron chi connectivity index (χ0n) is 41.7. The third-order valence-electron chi connectivity index (χ3n) is 13.4. The summed E-state index contributed by atoms with van der Waals surface area (Å²) in [4.78, 5) is 13.0. The molecule has 14 heteroatoms. The highest BCUT2D eigenvalue weighted by atomic mass is 16.7. The second-order valence-corrected chi connectivity index (χ2v) is 19.4. The molecule has 392 valence electrons. The minimum absolute atomic E-state index is 0.0705. The van der Waals surface area contributed by atoms with E-state index in [1.165, 1.54) is 161 Å². The van der Waals surface area contributed by atoms with Crippen LogP contribution in [0.25, 0.3) is 0 Å². The Morgan fingerprint density at radius 3 is 1.23 bits per heavy atom. The number of rotatable bonds is 44. The van der Waals surface area contributed by atoms with Crippen molar-refractivity contribution in [2.24, 2.45) is 0 Å². The number of carbonyl (C=O) groups is 1. The van der Waals surface area contributed by atoms with Gasteiger partial charge in [0.2, 0.25) is 0 Å². The molecule has 0 saturated carbocycles. The van der Waals surface area contributed by atoms with Gasteiger partial charge in [0.1, 0.15) is 54.9 Å². The van der Waals surface area contributed by atoms with Crippen LogP contribution in [0.5, 0.6) is 0 Å². The van der Waals surface area contributed by atoms with E-state index in [2.05, 4.69) is 13.8 Å². The van der Waals surface area contributed by atoms with Crippen LogP contribution in [0, 0.1) is 0 Å². The normalized spacial score (nSPS) is 26.2. The quantitative estimate of drug-likeness (QED) is 0.0226. The lowest BCUT2D eigenvalue weighted by molar-refractivity contribution is -0.332. The number of ether oxygens (including phenoxy) is 6. The van der Waals surface area contributed by atoms with Gasteiger partial charge in [-0.25, -0.2) is 0 Å². The van der Waals surface area contributed by atoms with Crippen molar-refractivity contribution in [3.8, 4) is 0 Å². The third-order valence-corrected chi connectivity index (χ3v) is 13.4. The van der Waals surface area contributed by atoms with E-state index in [0.29, 0.717) is 13.0 Å². The first-order valence-electron chi connectivity index (χ1n) is 27.1. The molecule has 0 amide bonds. The Kier molecular flexibility index (Phi) is 37.7. The van der Waals surface area contributed by atoms with Gasteiger partial charge < -0.3 is 64.2 Å². The van der Waals surface area contributed by atoms with E-state index < -0.39 is 80.7 Å². The van der Waals surface area contributed by atoms with Crippen LogP contribution in [0.3, 0.4) is 0 Å². The molecule has 2 fully saturated rings. The summed E-state index contributed by atoms with van der Waals surface area (Å²) in [6, 6.07) is 0. The smallest absolute Gasteiger partial charge is 0.306 e. The summed E-state index contributed by atoms with van der Waals surface area (Å²) in [5.41, 5.74) is 0. The molecule has 14 nitrogen and oxygen atoms in total. The highest BCUT2D eigenvalue weighted by Crippen LogP contribution is 2.27. The standard InChI is InChI=1S/C52H100O14/c1-3-5-7-9-11-13-15-17-18-19-20-21-22-24-26-28-30-32-34-36-61-38-41(64-44(54)35-33-31-29-27-25-23-16-14-12-10-8-6-4-2)39-62-51-50(60)48(58)46(56)43(66-51)40-63-52-49(59)47(57)45(55)42(37-53)65-52/h41-43,45-53,55-60H,3-40H2,1-2H3. The zero-order chi connectivity index (χ0) is 48.0. The van der Waals surface area contributed by atoms with Crippen molar-refractivity contribution in [1.82, 2.24) is 0 Å². The molecule has 0 bridgehead atoms. The molecular weight excluding hydrogens is 849 g/mol. The summed E-state index contributed by atoms with van der Waals surface area (Å²) in [6.45, 7) is 3.74. The van der Waals surface area contributed by atoms with Gasteiger partial charge in [-0.15, -0.1) is 0 Å². The SMILES string of the molecule is CCCCCCCCCCCCCCCCCCCCCOCC(COC1OC(COC2OC(CO)C(O)C(O)C2O)C(O)C(O)C1O)OC(=O)CCCCCCCCCCCCCCC. The fourth-order valence-corrected chi connectivity index (χ4v) is 8.93. The first-order valence-corrected chi connectivity index (χ1v) is 27.1. The van der Waals surface area contributed by atoms with E-state index in [4.69, 9.17) is 28.4 Å². The molecule has 7 N–H and O–H groups in total. The predicted octanol–water partition coefficient (Wildman–Crippen LogP) is 8.47. The summed E-state index contributed by atoms with van der Waals surface area (Å²) in [7, 11) is 0. The molecule has 0 aliphatic carbocycles. The lowest BCUT2D eigenvalue weighted by atomic mass is 9.98. The van der Waals surface area contributed by atoms with Crippen molar-refractivity contribution in [1.29, 1.82) is 0 Å². The van der Waals surface area contributed by atoms with Crippen LogP contribution < -0.4 is 0 Å². The van der Waals surface area contributed by atoms with Crippen LogP contribution >= 0.6 is 0 Å². The topological polar surface area (TPSA) is 214 Å². The van der Waals surface area contributed by atoms with Crippen molar-refractivity contribution in [3.05, 3.63) is 0 Å². The summed E-state index contributed by atoms with van der Waals surface area (Å²) in [5, 5.41) is 72.1. The number of aliphatic hydroxyl groups is 7. The van der Waals surface area contributed by atoms with Gasteiger partial charge in [0.15, 0.2) is 12.6 Å². The number of aliphatic hydroxyl groups excluding tert-OH is 7. The molecule has 11 unspecified atom stereocenters. The van der Waals surface area contributed by atoms with Gasteiger partial charge in [0.05, 0.1) is 26.4 Å². The van der Waals surface area contributed by atoms with Crippen LogP contribution in [0.4, 0.5) is 0 Å². The van der Waals surface area contributed by atoms with Crippen LogP contribution in [0.1, 0.15) is 226 Å². The summed E-state index contributed by atoms with van der Waals surface area (Å²) >= 11 is 0. The van der Waals surface area contributed by atoms with Crippen molar-refractivity contribution in [3.63, 3.8) is 0 Å². The predicted molar refractivity (Wildman–Crippen MR) is 257 cm³/mol. The summed E-state index contributed by atoms with van der Waals surface area (Å²) in [5.74, 6) is -0.370. The van der Waals surface area contributed by atoms with Gasteiger partial charge in [0, 0.05) is 13.0 Å². The maximum Gasteiger partial charge on any atom is 0.306 e. The van der Waals surface area contributed by atoms with Crippen LogP contribution in [-0.2, 0) is 33.2 Å². The molecule has 66 heavy (non-hydrogen) atoms. The Morgan fingerprint density at radius 2 is 0.803 bits per heavy atom. The Bertz CT molecular complexity index is 1100. The van der Waals surface area contributed by atoms with Crippen LogP contribution in [-0.4, -0.2) is 142 Å². The zero-order valence-corrected chi connectivity index (χ0v) is 41.7. The molecule has 2 saturated heterocycles. The third kappa shape index (κ3) is 28.0. The molecule has 2 aliphatic rings. The minimum Gasteiger partial charge on any atom is -0.457 e. The maximum atomic E-state index is 13.0. The highest BCUT2D eigenvalue weighted by molar-refractivity contribution is 5.69. The Hall–Kier alpha value is -1.01. The van der Waals surface area contributed by atoms with Gasteiger partial charge in [-0.1, -0.05) is 206 Å². The van der Waals surface area contributed by atoms with E-state index in [1.54, 1.807) is 0 Å². The summed E-state index contributed by atoms with van der Waals surface area (Å²) in [6.07, 6.45) is 24.5. The second kappa shape index (κ2) is 40.7. The number of hydrogen-bond acceptors (Lipinski definition) is 14. The van der Waals surface area contributed by atoms with Crippen molar-refractivity contribution >= 4 is 5.97 Å². The Morgan fingerprint density at radius 1 is 0.439 bits per heavy atom. The molecule has 2 aliphatic heterocycles. The lowest BCUT2D eigenvalue weighted by Gasteiger charge is -2.42. The molecule has 0 radical (unpaired) electrons. The molecule has 2 rings (SSSR count). The molecule has 0 aromatic heterocycles. The van der Waals surface area contributed by atoms with Crippen LogP contribution in [0.2, 0.25) is 0 Å². The number of carbonyl (C=O) groups excluding carboxylic acids is 1. The van der Waals surface area contributed by atoms with E-state index >= 15 is 0 Å². The van der Waals surface area contributed by atoms with Gasteiger partial charge in [-0.2, -0.15) is 0 Å². The average molecular weight is 949 g/mol. The van der Waals surface area contributed by atoms with Gasteiger partial charge in [-0.05, 0) is 12.8 Å². The lowest BCUT2D eigenvalue weighted by Crippen LogP contribution is -2.61. The number of hydrogen-bond donors (Lipinski definition) is 7. The summed E-state index contributed by atoms with van der Waals surface area (Å²) < 4.78 is 34.3. The highest BCUT2D eigenvalue weighted by Gasteiger charge is 2.47. The molecule has 0 aromatic carbocycles. The van der Waals surface area contributed by atoms with Crippen molar-refractivity contribution < 1.29 is 69.0 Å². The maximum absolute atomic E-state index is 13.0. The van der Waals surface area contributed by atoms with E-state index in [1.807, 2.05) is 0 Å². The number of esters is 1. The van der Waals surface area contributed by atoms with Gasteiger partial charge >= 0.3 is 5.97 Å². The minimum atomic E-state index is -1.70. The largest absolute Gasteiger partial charge is 0.457 e. The number of unbranched alkanes of at least 4 members (excludes halogenated alkanes) is 30. The first kappa shape index (κ1) is 61.1. The van der Waals surface area contributed by atoms with Gasteiger partial charge in [-0.3, -0.25) is 4.79 Å². The monoisotopic (exact) mass is 949 g/mol. The average Bonchev–Trinajstić information content (AvgIpc) is 3.31.